The summed E-state index contributed by atoms with van der Waals surface area (Å²) < 4.78 is 6.12. The number of thiazole rings is 1. The zero-order chi connectivity index (χ0) is 13.4. The van der Waals surface area contributed by atoms with Crippen LogP contribution in [0.15, 0.2) is 34.9 Å². The maximum Gasteiger partial charge on any atom is 0.293 e. The summed E-state index contributed by atoms with van der Waals surface area (Å²) in [4.78, 5) is 16.3. The van der Waals surface area contributed by atoms with Gasteiger partial charge in [0, 0.05) is 0 Å². The van der Waals surface area contributed by atoms with Gasteiger partial charge in [0.1, 0.15) is 0 Å². The van der Waals surface area contributed by atoms with Gasteiger partial charge in [-0.3, -0.25) is 10.1 Å². The van der Waals surface area contributed by atoms with Crippen LogP contribution < -0.4 is 5.32 Å². The highest BCUT2D eigenvalue weighted by Crippen LogP contribution is 2.29. The summed E-state index contributed by atoms with van der Waals surface area (Å²) in [6.07, 6.45) is 1.47. The minimum absolute atomic E-state index is 0.279. The van der Waals surface area contributed by atoms with E-state index in [9.17, 15) is 4.79 Å². The van der Waals surface area contributed by atoms with E-state index in [1.165, 1.54) is 23.2 Å². The largest absolute Gasteiger partial charge is 0.459 e. The van der Waals surface area contributed by atoms with Gasteiger partial charge >= 0.3 is 0 Å². The summed E-state index contributed by atoms with van der Waals surface area (Å²) in [5.74, 6) is 0.00518. The van der Waals surface area contributed by atoms with Crippen LogP contribution in [0.25, 0.3) is 10.2 Å². The van der Waals surface area contributed by atoms with E-state index in [1.807, 2.05) is 13.0 Å². The Hall–Kier alpha value is -2.14. The number of rotatable bonds is 2. The Labute approximate surface area is 114 Å². The number of benzene rings is 1. The lowest BCUT2D eigenvalue weighted by Gasteiger charge is -1.98. The molecule has 0 spiro atoms. The van der Waals surface area contributed by atoms with Crippen LogP contribution in [0.5, 0.6) is 0 Å². The number of carbonyl (C=O) groups is 1. The quantitative estimate of drug-likeness (QED) is 0.772. The first-order chi connectivity index (χ1) is 9.15. The summed E-state index contributed by atoms with van der Waals surface area (Å²) in [6.45, 7) is 4.09. The predicted octanol–water partition coefficient (Wildman–Crippen LogP) is 3.76. The fourth-order valence-corrected chi connectivity index (χ4v) is 2.77. The van der Waals surface area contributed by atoms with Gasteiger partial charge in [-0.1, -0.05) is 17.4 Å². The van der Waals surface area contributed by atoms with Crippen molar-refractivity contribution in [2.45, 2.75) is 13.8 Å². The first-order valence-corrected chi connectivity index (χ1v) is 6.68. The van der Waals surface area contributed by atoms with Gasteiger partial charge in [0.2, 0.25) is 0 Å². The van der Waals surface area contributed by atoms with Gasteiger partial charge in [-0.05, 0) is 43.2 Å². The van der Waals surface area contributed by atoms with E-state index in [1.54, 1.807) is 12.1 Å². The van der Waals surface area contributed by atoms with Crippen molar-refractivity contribution in [1.82, 2.24) is 4.98 Å². The molecule has 0 aliphatic heterocycles. The molecule has 3 aromatic rings. The number of hydrogen-bond acceptors (Lipinski definition) is 4. The monoisotopic (exact) mass is 272 g/mol. The number of furan rings is 1. The molecule has 0 aliphatic carbocycles. The third kappa shape index (κ3) is 2.13. The summed E-state index contributed by atoms with van der Waals surface area (Å²) in [6, 6.07) is 7.39. The number of aryl methyl sites for hydroxylation is 2. The molecule has 1 aromatic carbocycles. The van der Waals surface area contributed by atoms with Crippen LogP contribution in [0.2, 0.25) is 0 Å². The third-order valence-electron chi connectivity index (χ3n) is 3.05. The van der Waals surface area contributed by atoms with Crippen molar-refractivity contribution in [3.8, 4) is 0 Å². The fraction of sp³-hybridized carbons (Fsp3) is 0.143. The minimum Gasteiger partial charge on any atom is -0.459 e. The second kappa shape index (κ2) is 4.51. The molecule has 0 radical (unpaired) electrons. The second-order valence-corrected chi connectivity index (χ2v) is 5.34. The zero-order valence-corrected chi connectivity index (χ0v) is 11.4. The Morgan fingerprint density at radius 3 is 2.89 bits per heavy atom. The van der Waals surface area contributed by atoms with Gasteiger partial charge in [0.05, 0.1) is 16.5 Å². The van der Waals surface area contributed by atoms with Crippen molar-refractivity contribution in [3.05, 3.63) is 47.4 Å². The van der Waals surface area contributed by atoms with E-state index >= 15 is 0 Å². The van der Waals surface area contributed by atoms with Crippen LogP contribution in [-0.4, -0.2) is 10.9 Å². The van der Waals surface area contributed by atoms with Crippen molar-refractivity contribution in [2.75, 3.05) is 5.32 Å². The lowest BCUT2D eigenvalue weighted by molar-refractivity contribution is 0.0996. The van der Waals surface area contributed by atoms with Gasteiger partial charge in [0.25, 0.3) is 5.91 Å². The molecule has 2 aromatic heterocycles. The van der Waals surface area contributed by atoms with Crippen LogP contribution in [-0.2, 0) is 0 Å². The minimum atomic E-state index is -0.279. The van der Waals surface area contributed by atoms with Crippen molar-refractivity contribution >= 4 is 32.6 Å². The topological polar surface area (TPSA) is 55.1 Å². The number of nitrogens with zero attached hydrogens (tertiary/aromatic N) is 1. The molecule has 5 heteroatoms. The van der Waals surface area contributed by atoms with Gasteiger partial charge < -0.3 is 4.42 Å². The average Bonchev–Trinajstić information content (AvgIpc) is 3.02. The first kappa shape index (κ1) is 11.9. The smallest absolute Gasteiger partial charge is 0.293 e. The second-order valence-electron chi connectivity index (χ2n) is 4.30. The molecule has 0 bridgehead atoms. The predicted molar refractivity (Wildman–Crippen MR) is 75.8 cm³/mol. The summed E-state index contributed by atoms with van der Waals surface area (Å²) in [5, 5.41) is 3.34. The molecule has 0 fully saturated rings. The van der Waals surface area contributed by atoms with E-state index in [-0.39, 0.29) is 11.7 Å². The van der Waals surface area contributed by atoms with E-state index in [0.29, 0.717) is 5.13 Å². The van der Waals surface area contributed by atoms with Gasteiger partial charge in [-0.2, -0.15) is 0 Å². The van der Waals surface area contributed by atoms with Crippen LogP contribution in [0.4, 0.5) is 5.13 Å². The number of aromatic nitrogens is 1. The number of anilines is 1. The normalized spacial score (nSPS) is 10.8. The molecule has 0 saturated carbocycles. The standard InChI is InChI=1S/C14H12N2O2S/c1-8-5-6-11-12(9(8)2)15-14(19-11)16-13(17)10-4-3-7-18-10/h3-7H,1-2H3,(H,15,16,17). The Kier molecular flexibility index (Phi) is 2.83. The molecule has 2 heterocycles. The summed E-state index contributed by atoms with van der Waals surface area (Å²) in [7, 11) is 0. The Balaban J connectivity index is 1.94. The van der Waals surface area contributed by atoms with Crippen LogP contribution in [0, 0.1) is 13.8 Å². The maximum absolute atomic E-state index is 11.9. The lowest BCUT2D eigenvalue weighted by atomic mass is 10.1. The van der Waals surface area contributed by atoms with Gasteiger partial charge in [0.15, 0.2) is 10.9 Å². The molecule has 0 atom stereocenters. The van der Waals surface area contributed by atoms with E-state index in [2.05, 4.69) is 23.3 Å². The molecule has 1 amide bonds. The highest BCUT2D eigenvalue weighted by atomic mass is 32.1. The molecular formula is C14H12N2O2S. The van der Waals surface area contributed by atoms with Crippen LogP contribution in [0.3, 0.4) is 0 Å². The van der Waals surface area contributed by atoms with Crippen molar-refractivity contribution in [2.24, 2.45) is 0 Å². The molecule has 1 N–H and O–H groups in total. The number of amides is 1. The van der Waals surface area contributed by atoms with Crippen LogP contribution >= 0.6 is 11.3 Å². The highest BCUT2D eigenvalue weighted by Gasteiger charge is 2.13. The molecule has 3 rings (SSSR count). The molecule has 19 heavy (non-hydrogen) atoms. The summed E-state index contributed by atoms with van der Waals surface area (Å²) in [5.41, 5.74) is 3.29. The number of carbonyl (C=O) groups excluding carboxylic acids is 1. The third-order valence-corrected chi connectivity index (χ3v) is 3.99. The Morgan fingerprint density at radius 2 is 2.16 bits per heavy atom. The Bertz CT molecular complexity index is 744. The van der Waals surface area contributed by atoms with E-state index < -0.39 is 0 Å². The SMILES string of the molecule is Cc1ccc2sc(NC(=O)c3ccco3)nc2c1C. The number of fused-ring (bicyclic) bond motifs is 1. The number of nitrogens with one attached hydrogen (secondary N) is 1. The van der Waals surface area contributed by atoms with Crippen molar-refractivity contribution in [1.29, 1.82) is 0 Å². The van der Waals surface area contributed by atoms with Gasteiger partial charge in [-0.25, -0.2) is 4.98 Å². The average molecular weight is 272 g/mol. The van der Waals surface area contributed by atoms with E-state index in [0.717, 1.165) is 15.8 Å². The van der Waals surface area contributed by atoms with Crippen LogP contribution in [0.1, 0.15) is 21.7 Å². The van der Waals surface area contributed by atoms with Gasteiger partial charge in [-0.15, -0.1) is 0 Å². The van der Waals surface area contributed by atoms with Crippen molar-refractivity contribution in [3.63, 3.8) is 0 Å². The fourth-order valence-electron chi connectivity index (χ4n) is 1.85. The lowest BCUT2D eigenvalue weighted by Crippen LogP contribution is -2.10. The molecule has 0 aliphatic rings. The number of hydrogen-bond donors (Lipinski definition) is 1. The molecule has 0 unspecified atom stereocenters. The van der Waals surface area contributed by atoms with Crippen molar-refractivity contribution < 1.29 is 9.21 Å². The highest BCUT2D eigenvalue weighted by molar-refractivity contribution is 7.22. The summed E-state index contributed by atoms with van der Waals surface area (Å²) >= 11 is 1.46. The zero-order valence-electron chi connectivity index (χ0n) is 10.6. The molecule has 96 valence electrons. The van der Waals surface area contributed by atoms with E-state index in [4.69, 9.17) is 4.42 Å². The maximum atomic E-state index is 11.9. The molecule has 4 nitrogen and oxygen atoms in total. The Morgan fingerprint density at radius 1 is 1.32 bits per heavy atom. The molecular weight excluding hydrogens is 260 g/mol. The first-order valence-electron chi connectivity index (χ1n) is 5.87. The molecule has 0 saturated heterocycles.